The Morgan fingerprint density at radius 3 is 2.76 bits per heavy atom. The first-order valence-corrected chi connectivity index (χ1v) is 7.29. The van der Waals surface area contributed by atoms with Crippen LogP contribution in [0.25, 0.3) is 5.13 Å². The third-order valence-corrected chi connectivity index (χ3v) is 3.74. The number of aryl methyl sites for hydroxylation is 1. The highest BCUT2D eigenvalue weighted by molar-refractivity contribution is 7.12. The van der Waals surface area contributed by atoms with Gasteiger partial charge >= 0.3 is 0 Å². The van der Waals surface area contributed by atoms with Gasteiger partial charge in [0.2, 0.25) is 5.13 Å². The van der Waals surface area contributed by atoms with Crippen molar-refractivity contribution in [3.05, 3.63) is 52.8 Å². The van der Waals surface area contributed by atoms with E-state index in [4.69, 9.17) is 4.74 Å². The summed E-state index contributed by atoms with van der Waals surface area (Å²) < 4.78 is 7.35. The van der Waals surface area contributed by atoms with Gasteiger partial charge in [-0.25, -0.2) is 4.98 Å². The Labute approximate surface area is 125 Å². The molecule has 21 heavy (non-hydrogen) atoms. The number of ether oxygens (including phenoxy) is 1. The van der Waals surface area contributed by atoms with Crippen LogP contribution in [-0.2, 0) is 13.2 Å². The van der Waals surface area contributed by atoms with E-state index in [0.717, 1.165) is 5.75 Å². The Hall–Kier alpha value is -2.25. The van der Waals surface area contributed by atoms with Gasteiger partial charge in [0.25, 0.3) is 0 Å². The number of rotatable bonds is 5. The molecule has 0 aliphatic carbocycles. The Balaban J connectivity index is 1.84. The molecule has 1 aromatic carbocycles. The topological polar surface area (TPSA) is 73.1 Å². The molecule has 0 saturated heterocycles. The average Bonchev–Trinajstić information content (AvgIpc) is 3.15. The maximum absolute atomic E-state index is 9.37. The molecule has 2 heterocycles. The third-order valence-electron chi connectivity index (χ3n) is 2.99. The van der Waals surface area contributed by atoms with Gasteiger partial charge in [-0.05, 0) is 19.1 Å². The molecule has 0 amide bonds. The number of aliphatic hydroxyl groups excluding tert-OH is 1. The molecule has 3 rings (SSSR count). The molecule has 0 unspecified atom stereocenters. The van der Waals surface area contributed by atoms with Crippen molar-refractivity contribution in [2.24, 2.45) is 0 Å². The van der Waals surface area contributed by atoms with Gasteiger partial charge in [0.15, 0.2) is 0 Å². The number of nitrogens with zero attached hydrogens (tertiary/aromatic N) is 4. The molecule has 1 N–H and O–H groups in total. The Morgan fingerprint density at radius 1 is 1.29 bits per heavy atom. The first kappa shape index (κ1) is 13.7. The SMILES string of the molecule is Cc1ccc(OCc2c(CO)nnn2-c2nccs2)cc1. The second-order valence-corrected chi connectivity index (χ2v) is 5.34. The fourth-order valence-corrected chi connectivity index (χ4v) is 2.47. The van der Waals surface area contributed by atoms with Crippen molar-refractivity contribution < 1.29 is 9.84 Å². The summed E-state index contributed by atoms with van der Waals surface area (Å²) in [5.41, 5.74) is 2.37. The summed E-state index contributed by atoms with van der Waals surface area (Å²) in [5, 5.41) is 19.9. The van der Waals surface area contributed by atoms with Gasteiger partial charge in [-0.3, -0.25) is 0 Å². The molecule has 0 radical (unpaired) electrons. The molecule has 0 atom stereocenters. The second kappa shape index (κ2) is 6.02. The Kier molecular flexibility index (Phi) is 3.94. The standard InChI is InChI=1S/C14H14N4O2S/c1-10-2-4-11(5-3-10)20-9-13-12(8-19)16-17-18(13)14-15-6-7-21-14/h2-7,19H,8-9H2,1H3. The molecule has 6 nitrogen and oxygen atoms in total. The van der Waals surface area contributed by atoms with E-state index < -0.39 is 0 Å². The Bertz CT molecular complexity index is 707. The summed E-state index contributed by atoms with van der Waals surface area (Å²) in [5.74, 6) is 0.761. The molecule has 3 aromatic rings. The highest BCUT2D eigenvalue weighted by Crippen LogP contribution is 2.18. The van der Waals surface area contributed by atoms with Crippen molar-refractivity contribution >= 4 is 11.3 Å². The highest BCUT2D eigenvalue weighted by atomic mass is 32.1. The molecule has 0 bridgehead atoms. The average molecular weight is 302 g/mol. The fourth-order valence-electron chi connectivity index (χ4n) is 1.86. The van der Waals surface area contributed by atoms with E-state index in [0.29, 0.717) is 16.5 Å². The minimum atomic E-state index is -0.183. The largest absolute Gasteiger partial charge is 0.487 e. The van der Waals surface area contributed by atoms with Crippen molar-refractivity contribution in [2.45, 2.75) is 20.1 Å². The van der Waals surface area contributed by atoms with Crippen molar-refractivity contribution in [1.82, 2.24) is 20.0 Å². The molecule has 0 saturated carbocycles. The van der Waals surface area contributed by atoms with E-state index in [1.165, 1.54) is 16.9 Å². The van der Waals surface area contributed by atoms with E-state index in [1.807, 2.05) is 36.6 Å². The van der Waals surface area contributed by atoms with E-state index >= 15 is 0 Å². The highest BCUT2D eigenvalue weighted by Gasteiger charge is 2.15. The van der Waals surface area contributed by atoms with Crippen LogP contribution in [0.5, 0.6) is 5.75 Å². The van der Waals surface area contributed by atoms with Crippen LogP contribution in [0.1, 0.15) is 17.0 Å². The quantitative estimate of drug-likeness (QED) is 0.781. The Morgan fingerprint density at radius 2 is 2.10 bits per heavy atom. The van der Waals surface area contributed by atoms with Crippen LogP contribution in [0, 0.1) is 6.92 Å². The fraction of sp³-hybridized carbons (Fsp3) is 0.214. The van der Waals surface area contributed by atoms with E-state index in [2.05, 4.69) is 15.3 Å². The first-order chi connectivity index (χ1) is 10.3. The van der Waals surface area contributed by atoms with E-state index in [-0.39, 0.29) is 13.2 Å². The van der Waals surface area contributed by atoms with Crippen LogP contribution in [0.4, 0.5) is 0 Å². The van der Waals surface area contributed by atoms with Crippen LogP contribution < -0.4 is 4.74 Å². The summed E-state index contributed by atoms with van der Waals surface area (Å²) in [6.07, 6.45) is 1.70. The molecule has 0 spiro atoms. The van der Waals surface area contributed by atoms with Crippen LogP contribution in [0.2, 0.25) is 0 Å². The van der Waals surface area contributed by atoms with E-state index in [1.54, 1.807) is 10.9 Å². The van der Waals surface area contributed by atoms with Crippen molar-refractivity contribution in [3.63, 3.8) is 0 Å². The summed E-state index contributed by atoms with van der Waals surface area (Å²) >= 11 is 1.45. The van der Waals surface area contributed by atoms with Crippen molar-refractivity contribution in [3.8, 4) is 10.9 Å². The molecule has 7 heteroatoms. The van der Waals surface area contributed by atoms with Gasteiger partial charge in [-0.15, -0.1) is 16.4 Å². The van der Waals surface area contributed by atoms with Gasteiger partial charge in [0.05, 0.1) is 6.61 Å². The summed E-state index contributed by atoms with van der Waals surface area (Å²) in [4.78, 5) is 4.20. The second-order valence-electron chi connectivity index (χ2n) is 4.47. The monoisotopic (exact) mass is 302 g/mol. The molecule has 0 fully saturated rings. The van der Waals surface area contributed by atoms with Crippen molar-refractivity contribution in [2.75, 3.05) is 0 Å². The van der Waals surface area contributed by atoms with Crippen LogP contribution in [0.3, 0.4) is 0 Å². The normalized spacial score (nSPS) is 10.8. The smallest absolute Gasteiger partial charge is 0.212 e. The zero-order valence-corrected chi connectivity index (χ0v) is 12.2. The van der Waals surface area contributed by atoms with Crippen LogP contribution in [0.15, 0.2) is 35.8 Å². The number of aliphatic hydroxyl groups is 1. The lowest BCUT2D eigenvalue weighted by molar-refractivity contribution is 0.263. The third kappa shape index (κ3) is 2.93. The molecular weight excluding hydrogens is 288 g/mol. The van der Waals surface area contributed by atoms with Crippen LogP contribution >= 0.6 is 11.3 Å². The minimum Gasteiger partial charge on any atom is -0.487 e. The maximum Gasteiger partial charge on any atom is 0.212 e. The lowest BCUT2D eigenvalue weighted by Gasteiger charge is -2.08. The zero-order valence-electron chi connectivity index (χ0n) is 11.4. The molecule has 2 aromatic heterocycles. The van der Waals surface area contributed by atoms with Gasteiger partial charge in [-0.1, -0.05) is 22.9 Å². The van der Waals surface area contributed by atoms with Gasteiger partial charge in [-0.2, -0.15) is 4.68 Å². The van der Waals surface area contributed by atoms with Crippen molar-refractivity contribution in [1.29, 1.82) is 0 Å². The molecular formula is C14H14N4O2S. The van der Waals surface area contributed by atoms with Gasteiger partial charge < -0.3 is 9.84 Å². The van der Waals surface area contributed by atoms with Gasteiger partial charge in [0, 0.05) is 11.6 Å². The van der Waals surface area contributed by atoms with Gasteiger partial charge in [0.1, 0.15) is 23.7 Å². The molecule has 0 aliphatic rings. The first-order valence-electron chi connectivity index (χ1n) is 6.41. The van der Waals surface area contributed by atoms with E-state index in [9.17, 15) is 5.11 Å². The lowest BCUT2D eigenvalue weighted by Crippen LogP contribution is -2.07. The summed E-state index contributed by atoms with van der Waals surface area (Å²) in [7, 11) is 0. The van der Waals surface area contributed by atoms with Crippen LogP contribution in [-0.4, -0.2) is 25.1 Å². The summed E-state index contributed by atoms with van der Waals surface area (Å²) in [6, 6.07) is 7.79. The number of aromatic nitrogens is 4. The number of benzene rings is 1. The number of hydrogen-bond donors (Lipinski definition) is 1. The minimum absolute atomic E-state index is 0.183. The lowest BCUT2D eigenvalue weighted by atomic mass is 10.2. The predicted octanol–water partition coefficient (Wildman–Crippen LogP) is 2.10. The number of thiazole rings is 1. The maximum atomic E-state index is 9.37. The number of hydrogen-bond acceptors (Lipinski definition) is 6. The predicted molar refractivity (Wildman–Crippen MR) is 78.5 cm³/mol. The zero-order chi connectivity index (χ0) is 14.7. The molecule has 0 aliphatic heterocycles. The summed E-state index contributed by atoms with van der Waals surface area (Å²) in [6.45, 7) is 2.11. The molecule has 108 valence electrons.